The summed E-state index contributed by atoms with van der Waals surface area (Å²) in [6.45, 7) is 1.93. The highest BCUT2D eigenvalue weighted by Crippen LogP contribution is 2.15. The Morgan fingerprint density at radius 3 is 2.60 bits per heavy atom. The molecule has 106 valence electrons. The van der Waals surface area contributed by atoms with Gasteiger partial charge in [-0.3, -0.25) is 4.79 Å². The number of aliphatic hydroxyl groups is 1. The van der Waals surface area contributed by atoms with E-state index in [1.807, 2.05) is 0 Å². The van der Waals surface area contributed by atoms with Crippen molar-refractivity contribution < 1.29 is 14.3 Å². The second-order valence-corrected chi connectivity index (χ2v) is 5.01. The average molecular weight is 294 g/mol. The Labute approximate surface area is 122 Å². The Hall–Kier alpha value is -1.78. The number of hydrogen-bond donors (Lipinski definition) is 2. The van der Waals surface area contributed by atoms with E-state index in [-0.39, 0.29) is 18.9 Å². The molecule has 1 aromatic carbocycles. The number of amides is 1. The van der Waals surface area contributed by atoms with Gasteiger partial charge in [-0.2, -0.15) is 0 Å². The second kappa shape index (κ2) is 6.59. The summed E-state index contributed by atoms with van der Waals surface area (Å²) in [6, 6.07) is 10.6. The highest BCUT2D eigenvalue weighted by molar-refractivity contribution is 6.30. The quantitative estimate of drug-likeness (QED) is 0.891. The molecule has 5 heteroatoms. The van der Waals surface area contributed by atoms with Crippen LogP contribution in [-0.4, -0.2) is 17.6 Å². The SMILES string of the molecule is Cc1ccc([C@@H](O)CNC(=O)Cc2ccc(Cl)cc2)o1. The van der Waals surface area contributed by atoms with Crippen LogP contribution in [0.3, 0.4) is 0 Å². The molecule has 0 saturated heterocycles. The molecule has 1 amide bonds. The number of benzene rings is 1. The molecule has 2 aromatic rings. The number of halogens is 1. The Morgan fingerprint density at radius 2 is 2.00 bits per heavy atom. The van der Waals surface area contributed by atoms with Crippen LogP contribution < -0.4 is 5.32 Å². The van der Waals surface area contributed by atoms with Gasteiger partial charge in [-0.25, -0.2) is 0 Å². The zero-order chi connectivity index (χ0) is 14.5. The maximum Gasteiger partial charge on any atom is 0.224 e. The van der Waals surface area contributed by atoms with Gasteiger partial charge in [0.25, 0.3) is 0 Å². The van der Waals surface area contributed by atoms with Gasteiger partial charge in [0.05, 0.1) is 13.0 Å². The molecule has 0 aliphatic carbocycles. The molecule has 2 rings (SSSR count). The van der Waals surface area contributed by atoms with Crippen molar-refractivity contribution in [2.75, 3.05) is 6.54 Å². The number of carbonyl (C=O) groups excluding carboxylic acids is 1. The molecule has 0 aliphatic heterocycles. The van der Waals surface area contributed by atoms with Crippen LogP contribution in [0.2, 0.25) is 5.02 Å². The van der Waals surface area contributed by atoms with Crippen LogP contribution >= 0.6 is 11.6 Å². The molecule has 0 bridgehead atoms. The van der Waals surface area contributed by atoms with E-state index in [2.05, 4.69) is 5.32 Å². The second-order valence-electron chi connectivity index (χ2n) is 4.57. The molecular weight excluding hydrogens is 278 g/mol. The van der Waals surface area contributed by atoms with E-state index < -0.39 is 6.10 Å². The first kappa shape index (κ1) is 14.6. The topological polar surface area (TPSA) is 62.5 Å². The molecular formula is C15H16ClNO3. The van der Waals surface area contributed by atoms with Gasteiger partial charge in [-0.1, -0.05) is 23.7 Å². The summed E-state index contributed by atoms with van der Waals surface area (Å²) < 4.78 is 5.29. The zero-order valence-electron chi connectivity index (χ0n) is 11.1. The molecule has 0 unspecified atom stereocenters. The fourth-order valence-corrected chi connectivity index (χ4v) is 1.92. The number of hydrogen-bond acceptors (Lipinski definition) is 3. The summed E-state index contributed by atoms with van der Waals surface area (Å²) in [7, 11) is 0. The maximum absolute atomic E-state index is 11.8. The van der Waals surface area contributed by atoms with Crippen LogP contribution in [0.15, 0.2) is 40.8 Å². The van der Waals surface area contributed by atoms with E-state index in [4.69, 9.17) is 16.0 Å². The number of furan rings is 1. The molecule has 0 saturated carbocycles. The fraction of sp³-hybridized carbons (Fsp3) is 0.267. The largest absolute Gasteiger partial charge is 0.464 e. The first-order valence-corrected chi connectivity index (χ1v) is 6.68. The van der Waals surface area contributed by atoms with E-state index >= 15 is 0 Å². The van der Waals surface area contributed by atoms with Crippen molar-refractivity contribution in [2.24, 2.45) is 0 Å². The maximum atomic E-state index is 11.8. The smallest absolute Gasteiger partial charge is 0.224 e. The normalized spacial score (nSPS) is 12.2. The molecule has 4 nitrogen and oxygen atoms in total. The standard InChI is InChI=1S/C15H16ClNO3/c1-10-2-7-14(20-10)13(18)9-17-15(19)8-11-3-5-12(16)6-4-11/h2-7,13,18H,8-9H2,1H3,(H,17,19)/t13-/m0/s1. The van der Waals surface area contributed by atoms with Gasteiger partial charge in [-0.05, 0) is 36.8 Å². The lowest BCUT2D eigenvalue weighted by Crippen LogP contribution is -2.29. The summed E-state index contributed by atoms with van der Waals surface area (Å²) in [6.07, 6.45) is -0.584. The number of aryl methyl sites for hydroxylation is 1. The van der Waals surface area contributed by atoms with Crippen LogP contribution in [-0.2, 0) is 11.2 Å². The van der Waals surface area contributed by atoms with E-state index in [0.717, 1.165) is 11.3 Å². The summed E-state index contributed by atoms with van der Waals surface area (Å²) in [5.74, 6) is 1.02. The minimum absolute atomic E-state index is 0.124. The molecule has 20 heavy (non-hydrogen) atoms. The Balaban J connectivity index is 1.81. The molecule has 0 spiro atoms. The Kier molecular flexibility index (Phi) is 4.82. The monoisotopic (exact) mass is 293 g/mol. The molecule has 0 fully saturated rings. The Morgan fingerprint density at radius 1 is 1.30 bits per heavy atom. The van der Waals surface area contributed by atoms with Gasteiger partial charge in [0.2, 0.25) is 5.91 Å². The van der Waals surface area contributed by atoms with E-state index in [1.54, 1.807) is 43.3 Å². The third kappa shape index (κ3) is 4.11. The minimum Gasteiger partial charge on any atom is -0.464 e. The van der Waals surface area contributed by atoms with Gasteiger partial charge in [0, 0.05) is 5.02 Å². The number of carbonyl (C=O) groups is 1. The predicted octanol–water partition coefficient (Wildman–Crippen LogP) is 2.63. The highest BCUT2D eigenvalue weighted by Gasteiger charge is 2.13. The van der Waals surface area contributed by atoms with Gasteiger partial charge in [0.15, 0.2) is 0 Å². The van der Waals surface area contributed by atoms with Crippen LogP contribution in [0, 0.1) is 6.92 Å². The third-order valence-corrected chi connectivity index (χ3v) is 3.11. The van der Waals surface area contributed by atoms with Crippen molar-refractivity contribution >= 4 is 17.5 Å². The number of rotatable bonds is 5. The Bertz CT molecular complexity index is 577. The predicted molar refractivity (Wildman–Crippen MR) is 76.6 cm³/mol. The third-order valence-electron chi connectivity index (χ3n) is 2.86. The minimum atomic E-state index is -0.835. The summed E-state index contributed by atoms with van der Waals surface area (Å²) >= 11 is 5.78. The lowest BCUT2D eigenvalue weighted by Gasteiger charge is -2.09. The first-order valence-electron chi connectivity index (χ1n) is 6.30. The van der Waals surface area contributed by atoms with Crippen molar-refractivity contribution in [3.63, 3.8) is 0 Å². The van der Waals surface area contributed by atoms with Gasteiger partial charge in [-0.15, -0.1) is 0 Å². The zero-order valence-corrected chi connectivity index (χ0v) is 11.9. The summed E-state index contributed by atoms with van der Waals surface area (Å²) in [4.78, 5) is 11.8. The van der Waals surface area contributed by atoms with Crippen molar-refractivity contribution in [1.29, 1.82) is 0 Å². The van der Waals surface area contributed by atoms with Gasteiger partial charge < -0.3 is 14.8 Å². The van der Waals surface area contributed by atoms with Crippen LogP contribution in [0.5, 0.6) is 0 Å². The molecule has 2 N–H and O–H groups in total. The average Bonchev–Trinajstić information content (AvgIpc) is 2.85. The highest BCUT2D eigenvalue weighted by atomic mass is 35.5. The van der Waals surface area contributed by atoms with Gasteiger partial charge in [0.1, 0.15) is 17.6 Å². The fourth-order valence-electron chi connectivity index (χ4n) is 1.79. The molecule has 1 heterocycles. The molecule has 0 aliphatic rings. The number of nitrogens with one attached hydrogen (secondary N) is 1. The van der Waals surface area contributed by atoms with Crippen molar-refractivity contribution in [2.45, 2.75) is 19.4 Å². The lowest BCUT2D eigenvalue weighted by molar-refractivity contribution is -0.120. The summed E-state index contributed by atoms with van der Waals surface area (Å²) in [5, 5.41) is 13.2. The van der Waals surface area contributed by atoms with Crippen LogP contribution in [0.25, 0.3) is 0 Å². The number of aliphatic hydroxyl groups excluding tert-OH is 1. The van der Waals surface area contributed by atoms with E-state index in [9.17, 15) is 9.90 Å². The van der Waals surface area contributed by atoms with Crippen LogP contribution in [0.1, 0.15) is 23.2 Å². The first-order chi connectivity index (χ1) is 9.54. The summed E-state index contributed by atoms with van der Waals surface area (Å²) in [5.41, 5.74) is 0.871. The van der Waals surface area contributed by atoms with E-state index in [1.165, 1.54) is 0 Å². The molecule has 0 radical (unpaired) electrons. The van der Waals surface area contributed by atoms with Crippen molar-refractivity contribution in [1.82, 2.24) is 5.32 Å². The van der Waals surface area contributed by atoms with Crippen molar-refractivity contribution in [3.05, 3.63) is 58.5 Å². The molecule has 1 atom stereocenters. The lowest BCUT2D eigenvalue weighted by atomic mass is 10.1. The van der Waals surface area contributed by atoms with Gasteiger partial charge >= 0.3 is 0 Å². The van der Waals surface area contributed by atoms with E-state index in [0.29, 0.717) is 10.8 Å². The van der Waals surface area contributed by atoms with Crippen LogP contribution in [0.4, 0.5) is 0 Å². The van der Waals surface area contributed by atoms with Crippen molar-refractivity contribution in [3.8, 4) is 0 Å². The molecule has 1 aromatic heterocycles.